The zero-order chi connectivity index (χ0) is 19.3. The van der Waals surface area contributed by atoms with E-state index in [-0.39, 0.29) is 36.7 Å². The molecule has 0 aliphatic carbocycles. The number of carbonyl (C=O) groups excluding carboxylic acids is 2. The van der Waals surface area contributed by atoms with Crippen LogP contribution in [0.25, 0.3) is 0 Å². The Labute approximate surface area is 154 Å². The van der Waals surface area contributed by atoms with Crippen molar-refractivity contribution in [1.82, 2.24) is 4.98 Å². The molecule has 26 heavy (non-hydrogen) atoms. The Balaban J connectivity index is 2.19. The minimum Gasteiger partial charge on any atom is -0.506 e. The lowest BCUT2D eigenvalue weighted by Crippen LogP contribution is -2.10. The highest BCUT2D eigenvalue weighted by Gasteiger charge is 2.17. The lowest BCUT2D eigenvalue weighted by molar-refractivity contribution is -0.143. The first-order chi connectivity index (χ1) is 12.3. The summed E-state index contributed by atoms with van der Waals surface area (Å²) >= 11 is 0. The number of ether oxygens (including phenoxy) is 1. The number of rotatable bonds is 7. The van der Waals surface area contributed by atoms with Crippen LogP contribution in [0.5, 0.6) is 5.75 Å². The van der Waals surface area contributed by atoms with Crippen molar-refractivity contribution in [3.63, 3.8) is 0 Å². The second-order valence-electron chi connectivity index (χ2n) is 6.45. The third kappa shape index (κ3) is 4.91. The molecule has 1 aromatic heterocycles. The van der Waals surface area contributed by atoms with Gasteiger partial charge in [0.25, 0.3) is 0 Å². The Kier molecular flexibility index (Phi) is 6.50. The first-order valence-electron chi connectivity index (χ1n) is 8.76. The summed E-state index contributed by atoms with van der Waals surface area (Å²) < 4.78 is 4.82. The fourth-order valence-corrected chi connectivity index (χ4v) is 3.03. The van der Waals surface area contributed by atoms with E-state index in [1.54, 1.807) is 13.0 Å². The van der Waals surface area contributed by atoms with Crippen LogP contribution in [-0.2, 0) is 16.0 Å². The SMILES string of the molecule is CCOC(=O)CCC(=O)c1nc(Cc2c(C)cc(C)cc2C)ccc1O. The summed E-state index contributed by atoms with van der Waals surface area (Å²) in [6.07, 6.45) is 0.524. The van der Waals surface area contributed by atoms with Crippen LogP contribution in [0.4, 0.5) is 0 Å². The number of hydrogen-bond acceptors (Lipinski definition) is 5. The lowest BCUT2D eigenvalue weighted by Gasteiger charge is -2.12. The van der Waals surface area contributed by atoms with Crippen molar-refractivity contribution >= 4 is 11.8 Å². The molecule has 2 aromatic rings. The van der Waals surface area contributed by atoms with E-state index in [9.17, 15) is 14.7 Å². The molecule has 1 heterocycles. The van der Waals surface area contributed by atoms with Gasteiger partial charge < -0.3 is 9.84 Å². The third-order valence-electron chi connectivity index (χ3n) is 4.26. The molecule has 0 atom stereocenters. The molecule has 0 amide bonds. The van der Waals surface area contributed by atoms with Gasteiger partial charge in [-0.05, 0) is 56.5 Å². The second-order valence-corrected chi connectivity index (χ2v) is 6.45. The highest BCUT2D eigenvalue weighted by molar-refractivity contribution is 5.98. The number of aromatic hydroxyl groups is 1. The van der Waals surface area contributed by atoms with Gasteiger partial charge in [-0.3, -0.25) is 9.59 Å². The van der Waals surface area contributed by atoms with Crippen LogP contribution in [0.2, 0.25) is 0 Å². The zero-order valence-electron chi connectivity index (χ0n) is 15.8. The predicted molar refractivity (Wildman–Crippen MR) is 99.6 cm³/mol. The molecular formula is C21H25NO4. The number of pyridine rings is 1. The van der Waals surface area contributed by atoms with Gasteiger partial charge in [0.15, 0.2) is 5.78 Å². The molecule has 0 fully saturated rings. The standard InChI is InChI=1S/C21H25NO4/c1-5-26-20(25)9-8-19(24)21-18(23)7-6-16(22-21)12-17-14(3)10-13(2)11-15(17)4/h6-7,10-11,23H,5,8-9,12H2,1-4H3. The first-order valence-corrected chi connectivity index (χ1v) is 8.76. The van der Waals surface area contributed by atoms with E-state index in [1.807, 2.05) is 0 Å². The number of nitrogens with zero attached hydrogens (tertiary/aromatic N) is 1. The number of hydrogen-bond donors (Lipinski definition) is 1. The van der Waals surface area contributed by atoms with Gasteiger partial charge in [-0.1, -0.05) is 17.7 Å². The Bertz CT molecular complexity index is 804. The Morgan fingerprint density at radius 1 is 1.08 bits per heavy atom. The summed E-state index contributed by atoms with van der Waals surface area (Å²) in [5.41, 5.74) is 5.43. The zero-order valence-corrected chi connectivity index (χ0v) is 15.8. The summed E-state index contributed by atoms with van der Waals surface area (Å²) in [7, 11) is 0. The fourth-order valence-electron chi connectivity index (χ4n) is 3.03. The van der Waals surface area contributed by atoms with Crippen molar-refractivity contribution in [2.75, 3.05) is 6.61 Å². The van der Waals surface area contributed by atoms with Crippen molar-refractivity contribution in [2.24, 2.45) is 0 Å². The molecule has 0 saturated carbocycles. The number of aryl methyl sites for hydroxylation is 3. The summed E-state index contributed by atoms with van der Waals surface area (Å²) in [4.78, 5) is 28.1. The van der Waals surface area contributed by atoms with Gasteiger partial charge in [0.1, 0.15) is 11.4 Å². The summed E-state index contributed by atoms with van der Waals surface area (Å²) in [5, 5.41) is 9.99. The molecule has 2 rings (SSSR count). The number of esters is 1. The highest BCUT2D eigenvalue weighted by atomic mass is 16.5. The molecular weight excluding hydrogens is 330 g/mol. The molecule has 0 aliphatic heterocycles. The third-order valence-corrected chi connectivity index (χ3v) is 4.26. The molecule has 1 N–H and O–H groups in total. The second kappa shape index (κ2) is 8.61. The van der Waals surface area contributed by atoms with Gasteiger partial charge in [-0.15, -0.1) is 0 Å². The number of ketones is 1. The smallest absolute Gasteiger partial charge is 0.306 e. The average Bonchev–Trinajstić information content (AvgIpc) is 2.57. The average molecular weight is 355 g/mol. The van der Waals surface area contributed by atoms with E-state index < -0.39 is 5.97 Å². The quantitative estimate of drug-likeness (QED) is 0.603. The van der Waals surface area contributed by atoms with E-state index in [2.05, 4.69) is 37.9 Å². The molecule has 0 aliphatic rings. The molecule has 5 heteroatoms. The molecule has 1 aromatic carbocycles. The van der Waals surface area contributed by atoms with Crippen molar-refractivity contribution < 1.29 is 19.4 Å². The Morgan fingerprint density at radius 3 is 2.35 bits per heavy atom. The maximum absolute atomic E-state index is 12.3. The molecule has 5 nitrogen and oxygen atoms in total. The normalized spacial score (nSPS) is 10.6. The molecule has 0 bridgehead atoms. The van der Waals surface area contributed by atoms with Gasteiger partial charge in [0.05, 0.1) is 13.0 Å². The van der Waals surface area contributed by atoms with Crippen LogP contribution < -0.4 is 0 Å². The number of benzene rings is 1. The minimum absolute atomic E-state index is 0.00853. The van der Waals surface area contributed by atoms with Crippen molar-refractivity contribution in [3.05, 3.63) is 57.9 Å². The van der Waals surface area contributed by atoms with Gasteiger partial charge in [-0.2, -0.15) is 0 Å². The maximum Gasteiger partial charge on any atom is 0.306 e. The number of carbonyl (C=O) groups is 2. The van der Waals surface area contributed by atoms with E-state index >= 15 is 0 Å². The molecule has 0 saturated heterocycles. The van der Waals surface area contributed by atoms with Crippen molar-refractivity contribution in [2.45, 2.75) is 47.0 Å². The maximum atomic E-state index is 12.3. The molecule has 138 valence electrons. The van der Waals surface area contributed by atoms with Gasteiger partial charge in [0.2, 0.25) is 0 Å². The van der Waals surface area contributed by atoms with Gasteiger partial charge >= 0.3 is 5.97 Å². The van der Waals surface area contributed by atoms with Crippen LogP contribution >= 0.6 is 0 Å². The van der Waals surface area contributed by atoms with Crippen molar-refractivity contribution in [1.29, 1.82) is 0 Å². The van der Waals surface area contributed by atoms with E-state index in [1.165, 1.54) is 28.3 Å². The van der Waals surface area contributed by atoms with E-state index in [0.29, 0.717) is 12.1 Å². The molecule has 0 unspecified atom stereocenters. The van der Waals surface area contributed by atoms with Crippen LogP contribution in [0.1, 0.15) is 58.2 Å². The molecule has 0 radical (unpaired) electrons. The summed E-state index contributed by atoms with van der Waals surface area (Å²) in [6, 6.07) is 7.44. The first kappa shape index (κ1) is 19.6. The lowest BCUT2D eigenvalue weighted by atomic mass is 9.96. The monoisotopic (exact) mass is 355 g/mol. The van der Waals surface area contributed by atoms with E-state index in [4.69, 9.17) is 4.74 Å². The fraction of sp³-hybridized carbons (Fsp3) is 0.381. The topological polar surface area (TPSA) is 76.5 Å². The predicted octanol–water partition coefficient (Wildman–Crippen LogP) is 3.83. The highest BCUT2D eigenvalue weighted by Crippen LogP contribution is 2.22. The van der Waals surface area contributed by atoms with E-state index in [0.717, 1.165) is 0 Å². The number of aromatic nitrogens is 1. The number of Topliss-reactive ketones (excluding diaryl/α,β-unsaturated/α-hetero) is 1. The largest absolute Gasteiger partial charge is 0.506 e. The van der Waals surface area contributed by atoms with Gasteiger partial charge in [0, 0.05) is 18.5 Å². The van der Waals surface area contributed by atoms with Gasteiger partial charge in [-0.25, -0.2) is 4.98 Å². The van der Waals surface area contributed by atoms with Crippen molar-refractivity contribution in [3.8, 4) is 5.75 Å². The Morgan fingerprint density at radius 2 is 1.73 bits per heavy atom. The summed E-state index contributed by atoms with van der Waals surface area (Å²) in [5.74, 6) is -0.961. The van der Waals surface area contributed by atoms with Crippen LogP contribution in [0.15, 0.2) is 24.3 Å². The van der Waals surface area contributed by atoms with Crippen LogP contribution in [0.3, 0.4) is 0 Å². The van der Waals surface area contributed by atoms with Crippen LogP contribution in [-0.4, -0.2) is 28.4 Å². The summed E-state index contributed by atoms with van der Waals surface area (Å²) in [6.45, 7) is 8.16. The Hall–Kier alpha value is -2.69. The van der Waals surface area contributed by atoms with Crippen LogP contribution in [0, 0.1) is 20.8 Å². The minimum atomic E-state index is -0.428. The molecule has 0 spiro atoms.